The number of ether oxygens (including phenoxy) is 2. The SMILES string of the molecule is COCOc1ccc(C)c(C(=O)C(F)(F)F)c1. The minimum absolute atomic E-state index is 0.0945. The van der Waals surface area contributed by atoms with Crippen LogP contribution in [-0.2, 0) is 4.74 Å². The Kier molecular flexibility index (Phi) is 4.11. The molecule has 0 aliphatic rings. The summed E-state index contributed by atoms with van der Waals surface area (Å²) in [7, 11) is 1.38. The van der Waals surface area contributed by atoms with Gasteiger partial charge >= 0.3 is 6.18 Å². The van der Waals surface area contributed by atoms with Crippen LogP contribution in [0.1, 0.15) is 15.9 Å². The molecular weight excluding hydrogens is 237 g/mol. The summed E-state index contributed by atoms with van der Waals surface area (Å²) in [5.41, 5.74) is -0.164. The van der Waals surface area contributed by atoms with E-state index >= 15 is 0 Å². The molecular formula is C11H11F3O3. The number of aryl methyl sites for hydroxylation is 1. The van der Waals surface area contributed by atoms with Crippen LogP contribution in [0, 0.1) is 6.92 Å². The minimum atomic E-state index is -4.88. The van der Waals surface area contributed by atoms with Crippen molar-refractivity contribution in [3.8, 4) is 5.75 Å². The number of benzene rings is 1. The predicted molar refractivity (Wildman–Crippen MR) is 54.1 cm³/mol. The lowest BCUT2D eigenvalue weighted by atomic mass is 10.0. The van der Waals surface area contributed by atoms with Crippen LogP contribution in [0.2, 0.25) is 0 Å². The number of hydrogen-bond donors (Lipinski definition) is 0. The smallest absolute Gasteiger partial charge is 0.454 e. The molecule has 0 bridgehead atoms. The van der Waals surface area contributed by atoms with E-state index in [4.69, 9.17) is 4.74 Å². The summed E-state index contributed by atoms with van der Waals surface area (Å²) >= 11 is 0. The lowest BCUT2D eigenvalue weighted by Crippen LogP contribution is -2.23. The number of carbonyl (C=O) groups is 1. The quantitative estimate of drug-likeness (QED) is 0.607. The molecule has 0 aromatic heterocycles. The molecule has 1 aromatic rings. The van der Waals surface area contributed by atoms with Gasteiger partial charge in [0.25, 0.3) is 5.78 Å². The van der Waals surface area contributed by atoms with E-state index in [1.54, 1.807) is 0 Å². The van der Waals surface area contributed by atoms with Crippen LogP contribution in [-0.4, -0.2) is 25.9 Å². The monoisotopic (exact) mass is 248 g/mol. The molecule has 0 spiro atoms. The molecule has 0 atom stereocenters. The Morgan fingerprint density at radius 3 is 2.53 bits per heavy atom. The summed E-state index contributed by atoms with van der Waals surface area (Å²) in [6.45, 7) is 1.34. The molecule has 0 aliphatic carbocycles. The van der Waals surface area contributed by atoms with Gasteiger partial charge in [-0.05, 0) is 24.6 Å². The molecule has 0 N–H and O–H groups in total. The zero-order valence-electron chi connectivity index (χ0n) is 9.30. The Hall–Kier alpha value is -1.56. The van der Waals surface area contributed by atoms with Crippen molar-refractivity contribution in [2.45, 2.75) is 13.1 Å². The first-order valence-electron chi connectivity index (χ1n) is 4.70. The Bertz CT molecular complexity index is 413. The van der Waals surface area contributed by atoms with Crippen LogP contribution in [0.25, 0.3) is 0 Å². The van der Waals surface area contributed by atoms with Crippen LogP contribution in [0.4, 0.5) is 13.2 Å². The highest BCUT2D eigenvalue weighted by atomic mass is 19.4. The topological polar surface area (TPSA) is 35.5 Å². The van der Waals surface area contributed by atoms with Gasteiger partial charge in [0.2, 0.25) is 0 Å². The van der Waals surface area contributed by atoms with Crippen molar-refractivity contribution in [1.82, 2.24) is 0 Å². The van der Waals surface area contributed by atoms with Gasteiger partial charge in [0.1, 0.15) is 5.75 Å². The zero-order chi connectivity index (χ0) is 13.1. The molecule has 3 nitrogen and oxygen atoms in total. The number of rotatable bonds is 4. The predicted octanol–water partition coefficient (Wildman–Crippen LogP) is 2.72. The largest absolute Gasteiger partial charge is 0.468 e. The maximum atomic E-state index is 12.3. The van der Waals surface area contributed by atoms with Crippen molar-refractivity contribution in [2.75, 3.05) is 13.9 Å². The molecule has 0 radical (unpaired) electrons. The van der Waals surface area contributed by atoms with Crippen molar-refractivity contribution in [3.63, 3.8) is 0 Å². The molecule has 0 heterocycles. The van der Waals surface area contributed by atoms with E-state index in [2.05, 4.69) is 4.74 Å². The van der Waals surface area contributed by atoms with E-state index in [-0.39, 0.29) is 18.1 Å². The summed E-state index contributed by atoms with van der Waals surface area (Å²) in [5.74, 6) is -1.72. The second kappa shape index (κ2) is 5.18. The van der Waals surface area contributed by atoms with Crippen LogP contribution in [0.15, 0.2) is 18.2 Å². The van der Waals surface area contributed by atoms with E-state index in [0.29, 0.717) is 0 Å². The van der Waals surface area contributed by atoms with E-state index < -0.39 is 17.5 Å². The first-order valence-corrected chi connectivity index (χ1v) is 4.70. The van der Waals surface area contributed by atoms with Gasteiger partial charge in [-0.25, -0.2) is 0 Å². The summed E-state index contributed by atoms with van der Waals surface area (Å²) in [4.78, 5) is 11.1. The van der Waals surface area contributed by atoms with Gasteiger partial charge < -0.3 is 9.47 Å². The van der Waals surface area contributed by atoms with Crippen molar-refractivity contribution >= 4 is 5.78 Å². The summed E-state index contributed by atoms with van der Waals surface area (Å²) < 4.78 is 46.4. The van der Waals surface area contributed by atoms with Gasteiger partial charge in [-0.2, -0.15) is 13.2 Å². The zero-order valence-corrected chi connectivity index (χ0v) is 9.30. The van der Waals surface area contributed by atoms with Crippen LogP contribution >= 0.6 is 0 Å². The van der Waals surface area contributed by atoms with E-state index in [0.717, 1.165) is 6.07 Å². The molecule has 0 fully saturated rings. The first kappa shape index (κ1) is 13.5. The number of alkyl halides is 3. The maximum absolute atomic E-state index is 12.3. The van der Waals surface area contributed by atoms with Crippen LogP contribution < -0.4 is 4.74 Å². The van der Waals surface area contributed by atoms with Crippen molar-refractivity contribution in [2.24, 2.45) is 0 Å². The molecule has 94 valence electrons. The van der Waals surface area contributed by atoms with E-state index in [9.17, 15) is 18.0 Å². The highest BCUT2D eigenvalue weighted by molar-refractivity contribution is 6.01. The molecule has 0 saturated carbocycles. The van der Waals surface area contributed by atoms with E-state index in [1.165, 1.54) is 26.2 Å². The third kappa shape index (κ3) is 3.45. The number of carbonyl (C=O) groups excluding carboxylic acids is 1. The lowest BCUT2D eigenvalue weighted by Gasteiger charge is -2.10. The van der Waals surface area contributed by atoms with Crippen molar-refractivity contribution in [1.29, 1.82) is 0 Å². The van der Waals surface area contributed by atoms with E-state index in [1.807, 2.05) is 0 Å². The average molecular weight is 248 g/mol. The maximum Gasteiger partial charge on any atom is 0.454 e. The molecule has 0 unspecified atom stereocenters. The van der Waals surface area contributed by atoms with Gasteiger partial charge in [0.05, 0.1) is 0 Å². The lowest BCUT2D eigenvalue weighted by molar-refractivity contribution is -0.0885. The highest BCUT2D eigenvalue weighted by Crippen LogP contribution is 2.26. The Balaban J connectivity index is 3.02. The molecule has 17 heavy (non-hydrogen) atoms. The molecule has 1 aromatic carbocycles. The van der Waals surface area contributed by atoms with Gasteiger partial charge in [-0.15, -0.1) is 0 Å². The first-order chi connectivity index (χ1) is 7.86. The standard InChI is InChI=1S/C11H11F3O3/c1-7-3-4-8(17-6-16-2)5-9(7)10(15)11(12,13)14/h3-5H,6H2,1-2H3. The molecule has 1 rings (SSSR count). The van der Waals surface area contributed by atoms with Crippen molar-refractivity contribution in [3.05, 3.63) is 29.3 Å². The number of ketones is 1. The Morgan fingerprint density at radius 1 is 1.35 bits per heavy atom. The number of methoxy groups -OCH3 is 1. The number of hydrogen-bond acceptors (Lipinski definition) is 3. The summed E-state index contributed by atoms with van der Waals surface area (Å²) in [6, 6.07) is 3.93. The molecule has 6 heteroatoms. The average Bonchev–Trinajstić information content (AvgIpc) is 2.26. The summed E-state index contributed by atoms with van der Waals surface area (Å²) in [6.07, 6.45) is -4.88. The van der Waals surface area contributed by atoms with Crippen LogP contribution in [0.5, 0.6) is 5.75 Å². The minimum Gasteiger partial charge on any atom is -0.468 e. The Morgan fingerprint density at radius 2 is 2.00 bits per heavy atom. The number of Topliss-reactive ketones (excluding diaryl/α,β-unsaturated/α-hetero) is 1. The van der Waals surface area contributed by atoms with Gasteiger partial charge in [-0.3, -0.25) is 4.79 Å². The number of halogens is 3. The third-order valence-corrected chi connectivity index (χ3v) is 2.05. The fourth-order valence-electron chi connectivity index (χ4n) is 1.22. The van der Waals surface area contributed by atoms with Crippen LogP contribution in [0.3, 0.4) is 0 Å². The molecule has 0 saturated heterocycles. The molecule has 0 amide bonds. The third-order valence-electron chi connectivity index (χ3n) is 2.05. The fraction of sp³-hybridized carbons (Fsp3) is 0.364. The second-order valence-electron chi connectivity index (χ2n) is 3.35. The molecule has 0 aliphatic heterocycles. The van der Waals surface area contributed by atoms with Gasteiger partial charge in [0, 0.05) is 12.7 Å². The highest BCUT2D eigenvalue weighted by Gasteiger charge is 2.40. The second-order valence-corrected chi connectivity index (χ2v) is 3.35. The summed E-state index contributed by atoms with van der Waals surface area (Å²) in [5, 5.41) is 0. The fourth-order valence-corrected chi connectivity index (χ4v) is 1.22. The van der Waals surface area contributed by atoms with Crippen molar-refractivity contribution < 1.29 is 27.4 Å². The van der Waals surface area contributed by atoms with Gasteiger partial charge in [0.15, 0.2) is 6.79 Å². The Labute approximate surface area is 96.1 Å². The van der Waals surface area contributed by atoms with Gasteiger partial charge in [-0.1, -0.05) is 6.07 Å². The normalized spacial score (nSPS) is 11.4.